The van der Waals surface area contributed by atoms with Crippen LogP contribution in [0.3, 0.4) is 0 Å². The van der Waals surface area contributed by atoms with Gasteiger partial charge in [-0.05, 0) is 31.5 Å². The van der Waals surface area contributed by atoms with Crippen molar-refractivity contribution in [1.29, 1.82) is 0 Å². The molecule has 0 aliphatic rings. The first kappa shape index (κ1) is 24.7. The second-order valence-electron chi connectivity index (χ2n) is 6.82. The van der Waals surface area contributed by atoms with E-state index in [0.29, 0.717) is 19.1 Å². The van der Waals surface area contributed by atoms with E-state index in [1.54, 1.807) is 14.1 Å². The number of hydrogen-bond donors (Lipinski definition) is 2. The smallest absolute Gasteiger partial charge is 0.243 e. The summed E-state index contributed by atoms with van der Waals surface area (Å²) in [6.45, 7) is 5.25. The Morgan fingerprint density at radius 2 is 1.76 bits per heavy atom. The van der Waals surface area contributed by atoms with E-state index < -0.39 is 0 Å². The number of likely N-dealkylation sites (N-methyl/N-ethyl adjacent to an activating group) is 1. The Bertz CT molecular complexity index is 764. The van der Waals surface area contributed by atoms with Crippen molar-refractivity contribution in [3.63, 3.8) is 0 Å². The van der Waals surface area contributed by atoms with Crippen molar-refractivity contribution in [3.05, 3.63) is 65.7 Å². The third-order valence-corrected chi connectivity index (χ3v) is 4.21. The number of carbonyl (C=O) groups is 1. The number of amides is 1. The number of rotatable bonds is 8. The van der Waals surface area contributed by atoms with E-state index in [4.69, 9.17) is 4.74 Å². The number of nitrogens with one attached hydrogen (secondary N) is 2. The molecule has 0 saturated heterocycles. The van der Waals surface area contributed by atoms with E-state index in [1.807, 2.05) is 49.4 Å². The fourth-order valence-electron chi connectivity index (χ4n) is 2.44. The Balaban J connectivity index is 0.00000420. The second kappa shape index (κ2) is 13.0. The van der Waals surface area contributed by atoms with Gasteiger partial charge in [0.1, 0.15) is 18.9 Å². The number of aryl methyl sites for hydroxylation is 1. The highest BCUT2D eigenvalue weighted by atomic mass is 127. The number of hydrogen-bond acceptors (Lipinski definition) is 3. The molecule has 0 aliphatic carbocycles. The summed E-state index contributed by atoms with van der Waals surface area (Å²) >= 11 is 0. The van der Waals surface area contributed by atoms with Crippen molar-refractivity contribution in [2.45, 2.75) is 19.9 Å². The summed E-state index contributed by atoms with van der Waals surface area (Å²) in [6, 6.07) is 18.1. The van der Waals surface area contributed by atoms with Crippen LogP contribution in [0.4, 0.5) is 0 Å². The Kier molecular flexibility index (Phi) is 11.1. The molecule has 1 atom stereocenters. The molecule has 0 radical (unpaired) electrons. The third kappa shape index (κ3) is 9.17. The molecule has 0 bridgehead atoms. The zero-order valence-electron chi connectivity index (χ0n) is 17.5. The van der Waals surface area contributed by atoms with Gasteiger partial charge in [-0.3, -0.25) is 4.79 Å². The van der Waals surface area contributed by atoms with E-state index in [-0.39, 0.29) is 42.5 Å². The standard InChI is InChI=1S/C22H30N4O2.HI/c1-17-10-12-20(13-11-17)28-15-14-23-22(24-16-21(27)26(3)4)25-18(2)19-8-6-5-7-9-19;/h5-13,18H,14-16H2,1-4H3,(H2,23,24,25);1H. The molecule has 158 valence electrons. The maximum absolute atomic E-state index is 11.9. The molecular weight excluding hydrogens is 479 g/mol. The van der Waals surface area contributed by atoms with Crippen molar-refractivity contribution in [2.75, 3.05) is 33.8 Å². The third-order valence-electron chi connectivity index (χ3n) is 4.21. The summed E-state index contributed by atoms with van der Waals surface area (Å²) in [5, 5.41) is 6.59. The number of ether oxygens (including phenoxy) is 1. The summed E-state index contributed by atoms with van der Waals surface area (Å²) in [4.78, 5) is 17.8. The maximum atomic E-state index is 11.9. The van der Waals surface area contributed by atoms with E-state index in [9.17, 15) is 4.79 Å². The number of guanidine groups is 1. The highest BCUT2D eigenvalue weighted by Crippen LogP contribution is 2.11. The van der Waals surface area contributed by atoms with Gasteiger partial charge in [-0.1, -0.05) is 48.0 Å². The molecule has 2 rings (SSSR count). The highest BCUT2D eigenvalue weighted by molar-refractivity contribution is 14.0. The first-order valence-corrected chi connectivity index (χ1v) is 9.45. The van der Waals surface area contributed by atoms with Crippen molar-refractivity contribution in [3.8, 4) is 5.75 Å². The van der Waals surface area contributed by atoms with Gasteiger partial charge in [0.25, 0.3) is 0 Å². The van der Waals surface area contributed by atoms with Gasteiger partial charge in [-0.2, -0.15) is 0 Å². The van der Waals surface area contributed by atoms with Crippen molar-refractivity contribution < 1.29 is 9.53 Å². The van der Waals surface area contributed by atoms with Gasteiger partial charge in [0.2, 0.25) is 5.91 Å². The van der Waals surface area contributed by atoms with E-state index in [0.717, 1.165) is 11.3 Å². The molecule has 0 fully saturated rings. The number of benzene rings is 2. The largest absolute Gasteiger partial charge is 0.492 e. The lowest BCUT2D eigenvalue weighted by Gasteiger charge is -2.19. The second-order valence-corrected chi connectivity index (χ2v) is 6.82. The number of carbonyl (C=O) groups excluding carboxylic acids is 1. The lowest BCUT2D eigenvalue weighted by molar-refractivity contribution is -0.127. The van der Waals surface area contributed by atoms with Gasteiger partial charge in [0.15, 0.2) is 5.96 Å². The minimum absolute atomic E-state index is 0. The zero-order valence-corrected chi connectivity index (χ0v) is 19.8. The van der Waals surface area contributed by atoms with Gasteiger partial charge in [-0.15, -0.1) is 24.0 Å². The average Bonchev–Trinajstić information content (AvgIpc) is 2.70. The molecular formula is C22H31IN4O2. The van der Waals surface area contributed by atoms with E-state index >= 15 is 0 Å². The Hall–Kier alpha value is -2.29. The first-order valence-electron chi connectivity index (χ1n) is 9.45. The molecule has 0 spiro atoms. The van der Waals surface area contributed by atoms with E-state index in [1.165, 1.54) is 10.5 Å². The SMILES string of the molecule is Cc1ccc(OCCNC(=NCC(=O)N(C)C)NC(C)c2ccccc2)cc1.I. The van der Waals surface area contributed by atoms with Gasteiger partial charge in [0, 0.05) is 14.1 Å². The van der Waals surface area contributed by atoms with E-state index in [2.05, 4.69) is 34.7 Å². The van der Waals surface area contributed by atoms with Crippen LogP contribution in [0.15, 0.2) is 59.6 Å². The summed E-state index contributed by atoms with van der Waals surface area (Å²) < 4.78 is 5.74. The molecule has 2 N–H and O–H groups in total. The zero-order chi connectivity index (χ0) is 20.4. The molecule has 2 aromatic rings. The summed E-state index contributed by atoms with van der Waals surface area (Å²) in [5.41, 5.74) is 2.34. The van der Waals surface area contributed by atoms with Crippen LogP contribution in [0.25, 0.3) is 0 Å². The van der Waals surface area contributed by atoms with Crippen LogP contribution < -0.4 is 15.4 Å². The van der Waals surface area contributed by atoms with Crippen LogP contribution in [0.5, 0.6) is 5.75 Å². The lowest BCUT2D eigenvalue weighted by atomic mass is 10.1. The van der Waals surface area contributed by atoms with Crippen LogP contribution in [0, 0.1) is 6.92 Å². The van der Waals surface area contributed by atoms with Crippen LogP contribution >= 0.6 is 24.0 Å². The Morgan fingerprint density at radius 3 is 2.38 bits per heavy atom. The summed E-state index contributed by atoms with van der Waals surface area (Å²) in [5.74, 6) is 1.36. The van der Waals surface area contributed by atoms with Crippen molar-refractivity contribution in [2.24, 2.45) is 4.99 Å². The molecule has 29 heavy (non-hydrogen) atoms. The molecule has 6 nitrogen and oxygen atoms in total. The first-order chi connectivity index (χ1) is 13.5. The number of halogens is 1. The lowest BCUT2D eigenvalue weighted by Crippen LogP contribution is -2.41. The fraction of sp³-hybridized carbons (Fsp3) is 0.364. The molecule has 0 aliphatic heterocycles. The molecule has 1 amide bonds. The van der Waals surface area contributed by atoms with Gasteiger partial charge >= 0.3 is 0 Å². The molecule has 7 heteroatoms. The quantitative estimate of drug-likeness (QED) is 0.248. The van der Waals surface area contributed by atoms with Gasteiger partial charge in [-0.25, -0.2) is 4.99 Å². The Labute approximate surface area is 190 Å². The van der Waals surface area contributed by atoms with Crippen LogP contribution in [-0.4, -0.2) is 50.6 Å². The Morgan fingerprint density at radius 1 is 1.10 bits per heavy atom. The normalized spacial score (nSPS) is 11.8. The number of aliphatic imine (C=N–C) groups is 1. The monoisotopic (exact) mass is 510 g/mol. The van der Waals surface area contributed by atoms with Crippen molar-refractivity contribution in [1.82, 2.24) is 15.5 Å². The summed E-state index contributed by atoms with van der Waals surface area (Å²) in [6.07, 6.45) is 0. The predicted molar refractivity (Wildman–Crippen MR) is 129 cm³/mol. The minimum Gasteiger partial charge on any atom is -0.492 e. The fourth-order valence-corrected chi connectivity index (χ4v) is 2.44. The topological polar surface area (TPSA) is 66.0 Å². The molecule has 2 aromatic carbocycles. The number of nitrogens with zero attached hydrogens (tertiary/aromatic N) is 2. The minimum atomic E-state index is -0.0515. The van der Waals surface area contributed by atoms with Gasteiger partial charge in [0.05, 0.1) is 12.6 Å². The van der Waals surface area contributed by atoms with Crippen LogP contribution in [-0.2, 0) is 4.79 Å². The maximum Gasteiger partial charge on any atom is 0.243 e. The van der Waals surface area contributed by atoms with Gasteiger partial charge < -0.3 is 20.3 Å². The molecule has 1 unspecified atom stereocenters. The van der Waals surface area contributed by atoms with Crippen LogP contribution in [0.2, 0.25) is 0 Å². The summed E-state index contributed by atoms with van der Waals surface area (Å²) in [7, 11) is 3.45. The van der Waals surface area contributed by atoms with Crippen LogP contribution in [0.1, 0.15) is 24.1 Å². The average molecular weight is 510 g/mol. The molecule has 0 saturated carbocycles. The van der Waals surface area contributed by atoms with Crippen molar-refractivity contribution >= 4 is 35.8 Å². The molecule has 0 heterocycles. The highest BCUT2D eigenvalue weighted by Gasteiger charge is 2.09. The molecule has 0 aromatic heterocycles. The predicted octanol–water partition coefficient (Wildman–Crippen LogP) is 3.38.